The Labute approximate surface area is 157 Å². The molecular weight excluding hydrogens is 339 g/mol. The standard InChI is InChI=1S/C23H17FN2O/c1-16-6-5-9-18(14-16)22-25-21(15-17-7-3-2-4-8-17)23(27)26(22)20-12-10-19(24)11-13-20/h2-15H,1H3/b21-15+. The van der Waals surface area contributed by atoms with E-state index in [1.807, 2.05) is 61.5 Å². The van der Waals surface area contributed by atoms with E-state index in [0.717, 1.165) is 16.7 Å². The molecule has 0 aliphatic carbocycles. The Morgan fingerprint density at radius 1 is 0.926 bits per heavy atom. The van der Waals surface area contributed by atoms with Crippen molar-refractivity contribution in [3.63, 3.8) is 0 Å². The number of carbonyl (C=O) groups excluding carboxylic acids is 1. The van der Waals surface area contributed by atoms with Crippen molar-refractivity contribution in [3.8, 4) is 0 Å². The number of hydrogen-bond donors (Lipinski definition) is 0. The molecule has 0 unspecified atom stereocenters. The fraction of sp³-hybridized carbons (Fsp3) is 0.0435. The SMILES string of the molecule is Cc1cccc(C2=N/C(=C/c3ccccc3)C(=O)N2c2ccc(F)cc2)c1. The molecule has 1 aliphatic heterocycles. The molecule has 0 aromatic heterocycles. The van der Waals surface area contributed by atoms with Crippen LogP contribution in [0.25, 0.3) is 6.08 Å². The molecule has 3 nitrogen and oxygen atoms in total. The van der Waals surface area contributed by atoms with E-state index in [-0.39, 0.29) is 11.7 Å². The summed E-state index contributed by atoms with van der Waals surface area (Å²) in [6.07, 6.45) is 1.77. The van der Waals surface area contributed by atoms with E-state index in [2.05, 4.69) is 4.99 Å². The smallest absolute Gasteiger partial charge is 0.266 e. The van der Waals surface area contributed by atoms with Crippen molar-refractivity contribution in [3.05, 3.63) is 107 Å². The molecule has 3 aromatic rings. The summed E-state index contributed by atoms with van der Waals surface area (Å²) in [5, 5.41) is 0. The Morgan fingerprint density at radius 2 is 1.67 bits per heavy atom. The molecule has 1 aliphatic rings. The highest BCUT2D eigenvalue weighted by atomic mass is 19.1. The van der Waals surface area contributed by atoms with Crippen LogP contribution in [0.3, 0.4) is 0 Å². The monoisotopic (exact) mass is 356 g/mol. The maximum absolute atomic E-state index is 13.4. The van der Waals surface area contributed by atoms with E-state index in [4.69, 9.17) is 0 Å². The zero-order valence-corrected chi connectivity index (χ0v) is 14.8. The molecule has 0 saturated carbocycles. The van der Waals surface area contributed by atoms with Gasteiger partial charge in [-0.05, 0) is 48.9 Å². The van der Waals surface area contributed by atoms with Crippen molar-refractivity contribution >= 4 is 23.5 Å². The molecule has 0 bridgehead atoms. The van der Waals surface area contributed by atoms with Crippen molar-refractivity contribution in [1.82, 2.24) is 0 Å². The van der Waals surface area contributed by atoms with Crippen LogP contribution in [0, 0.1) is 12.7 Å². The van der Waals surface area contributed by atoms with E-state index in [1.165, 1.54) is 17.0 Å². The molecule has 0 saturated heterocycles. The Bertz CT molecular complexity index is 1050. The minimum atomic E-state index is -0.348. The van der Waals surface area contributed by atoms with Crippen LogP contribution in [-0.4, -0.2) is 11.7 Å². The molecule has 1 amide bonds. The maximum atomic E-state index is 13.4. The summed E-state index contributed by atoms with van der Waals surface area (Å²) >= 11 is 0. The quantitative estimate of drug-likeness (QED) is 0.610. The maximum Gasteiger partial charge on any atom is 0.282 e. The van der Waals surface area contributed by atoms with Crippen molar-refractivity contribution in [1.29, 1.82) is 0 Å². The molecule has 0 fully saturated rings. The van der Waals surface area contributed by atoms with Crippen LogP contribution in [0.1, 0.15) is 16.7 Å². The molecular formula is C23H17FN2O. The van der Waals surface area contributed by atoms with Crippen LogP contribution in [0.4, 0.5) is 10.1 Å². The number of rotatable bonds is 3. The summed E-state index contributed by atoms with van der Waals surface area (Å²) < 4.78 is 13.4. The largest absolute Gasteiger partial charge is 0.282 e. The minimum Gasteiger partial charge on any atom is -0.266 e. The molecule has 0 spiro atoms. The van der Waals surface area contributed by atoms with Crippen molar-refractivity contribution in [2.24, 2.45) is 4.99 Å². The highest BCUT2D eigenvalue weighted by molar-refractivity contribution is 6.33. The molecule has 132 valence electrons. The topological polar surface area (TPSA) is 32.7 Å². The van der Waals surface area contributed by atoms with Crippen LogP contribution >= 0.6 is 0 Å². The van der Waals surface area contributed by atoms with Crippen LogP contribution in [-0.2, 0) is 4.79 Å². The number of amidine groups is 1. The predicted molar refractivity (Wildman–Crippen MR) is 106 cm³/mol. The number of benzene rings is 3. The first-order chi connectivity index (χ1) is 13.1. The van der Waals surface area contributed by atoms with Gasteiger partial charge in [0.25, 0.3) is 5.91 Å². The molecule has 4 heteroatoms. The summed E-state index contributed by atoms with van der Waals surface area (Å²) in [5.41, 5.74) is 3.74. The van der Waals surface area contributed by atoms with E-state index in [0.29, 0.717) is 17.2 Å². The molecule has 0 atom stereocenters. The van der Waals surface area contributed by atoms with Gasteiger partial charge in [0.15, 0.2) is 0 Å². The van der Waals surface area contributed by atoms with E-state index in [1.54, 1.807) is 18.2 Å². The number of halogens is 1. The predicted octanol–water partition coefficient (Wildman–Crippen LogP) is 4.97. The van der Waals surface area contributed by atoms with Crippen molar-refractivity contribution in [2.75, 3.05) is 4.90 Å². The van der Waals surface area contributed by atoms with Gasteiger partial charge in [0.1, 0.15) is 17.3 Å². The second kappa shape index (κ2) is 7.00. The van der Waals surface area contributed by atoms with Crippen molar-refractivity contribution < 1.29 is 9.18 Å². The van der Waals surface area contributed by atoms with Crippen molar-refractivity contribution in [2.45, 2.75) is 6.92 Å². The third-order valence-corrected chi connectivity index (χ3v) is 4.32. The third-order valence-electron chi connectivity index (χ3n) is 4.32. The lowest BCUT2D eigenvalue weighted by atomic mass is 10.1. The van der Waals surface area contributed by atoms with Crippen LogP contribution in [0.5, 0.6) is 0 Å². The van der Waals surface area contributed by atoms with Crippen LogP contribution in [0.2, 0.25) is 0 Å². The second-order valence-corrected chi connectivity index (χ2v) is 6.36. The number of amides is 1. The van der Waals surface area contributed by atoms with Gasteiger partial charge in [-0.1, -0.05) is 54.1 Å². The summed E-state index contributed by atoms with van der Waals surface area (Å²) in [6.45, 7) is 1.99. The van der Waals surface area contributed by atoms with Gasteiger partial charge >= 0.3 is 0 Å². The first-order valence-electron chi connectivity index (χ1n) is 8.64. The zero-order chi connectivity index (χ0) is 18.8. The lowest BCUT2D eigenvalue weighted by Gasteiger charge is -2.18. The van der Waals surface area contributed by atoms with Gasteiger partial charge < -0.3 is 0 Å². The normalized spacial score (nSPS) is 15.3. The highest BCUT2D eigenvalue weighted by Crippen LogP contribution is 2.28. The second-order valence-electron chi connectivity index (χ2n) is 6.36. The number of aliphatic imine (C=N–C) groups is 1. The van der Waals surface area contributed by atoms with Gasteiger partial charge in [-0.2, -0.15) is 0 Å². The first-order valence-corrected chi connectivity index (χ1v) is 8.64. The number of nitrogens with zero attached hydrogens (tertiary/aromatic N) is 2. The number of aryl methyl sites for hydroxylation is 1. The highest BCUT2D eigenvalue weighted by Gasteiger charge is 2.32. The Morgan fingerprint density at radius 3 is 2.37 bits per heavy atom. The molecule has 3 aromatic carbocycles. The Balaban J connectivity index is 1.84. The zero-order valence-electron chi connectivity index (χ0n) is 14.8. The summed E-state index contributed by atoms with van der Waals surface area (Å²) in [5.74, 6) is -0.0426. The van der Waals surface area contributed by atoms with Gasteiger partial charge in [-0.3, -0.25) is 9.69 Å². The first kappa shape index (κ1) is 16.9. The van der Waals surface area contributed by atoms with E-state index >= 15 is 0 Å². The molecule has 1 heterocycles. The summed E-state index contributed by atoms with van der Waals surface area (Å²) in [6, 6.07) is 23.3. The van der Waals surface area contributed by atoms with Gasteiger partial charge in [-0.25, -0.2) is 9.38 Å². The molecule has 0 radical (unpaired) electrons. The summed E-state index contributed by atoms with van der Waals surface area (Å²) in [7, 11) is 0. The summed E-state index contributed by atoms with van der Waals surface area (Å²) in [4.78, 5) is 19.3. The number of anilines is 1. The van der Waals surface area contributed by atoms with Crippen LogP contribution < -0.4 is 4.90 Å². The van der Waals surface area contributed by atoms with Gasteiger partial charge in [0.2, 0.25) is 0 Å². The lowest BCUT2D eigenvalue weighted by molar-refractivity contribution is -0.113. The molecule has 27 heavy (non-hydrogen) atoms. The fourth-order valence-electron chi connectivity index (χ4n) is 3.03. The minimum absolute atomic E-state index is 0.234. The van der Waals surface area contributed by atoms with Gasteiger partial charge in [-0.15, -0.1) is 0 Å². The number of carbonyl (C=O) groups is 1. The average molecular weight is 356 g/mol. The average Bonchev–Trinajstić information content (AvgIpc) is 3.00. The van der Waals surface area contributed by atoms with E-state index < -0.39 is 0 Å². The van der Waals surface area contributed by atoms with E-state index in [9.17, 15) is 9.18 Å². The Hall–Kier alpha value is -3.53. The molecule has 4 rings (SSSR count). The fourth-order valence-corrected chi connectivity index (χ4v) is 3.03. The van der Waals surface area contributed by atoms with Gasteiger partial charge in [0.05, 0.1) is 5.69 Å². The Kier molecular flexibility index (Phi) is 4.38. The van der Waals surface area contributed by atoms with Gasteiger partial charge in [0, 0.05) is 5.56 Å². The molecule has 0 N–H and O–H groups in total. The lowest BCUT2D eigenvalue weighted by Crippen LogP contribution is -2.32. The number of hydrogen-bond acceptors (Lipinski definition) is 2. The van der Waals surface area contributed by atoms with Crippen LogP contribution in [0.15, 0.2) is 89.6 Å². The third kappa shape index (κ3) is 3.42.